The molecule has 21 heavy (non-hydrogen) atoms. The Morgan fingerprint density at radius 3 is 2.33 bits per heavy atom. The molecule has 1 fully saturated rings. The fraction of sp³-hybridized carbons (Fsp3) is 0.533. The molecule has 2 rings (SSSR count). The van der Waals surface area contributed by atoms with E-state index in [2.05, 4.69) is 5.32 Å². The van der Waals surface area contributed by atoms with Crippen LogP contribution < -0.4 is 19.5 Å². The van der Waals surface area contributed by atoms with Gasteiger partial charge in [-0.2, -0.15) is 0 Å². The first kappa shape index (κ1) is 15.4. The lowest BCUT2D eigenvalue weighted by atomic mass is 10.1. The highest BCUT2D eigenvalue weighted by Gasteiger charge is 2.27. The smallest absolute Gasteiger partial charge is 0.258 e. The van der Waals surface area contributed by atoms with Crippen molar-refractivity contribution in [2.24, 2.45) is 0 Å². The second-order valence-electron chi connectivity index (χ2n) is 4.96. The largest absolute Gasteiger partial charge is 0.496 e. The minimum absolute atomic E-state index is 0.0539. The Balaban J connectivity index is 2.39. The number of hydrogen-bond acceptors (Lipinski definition) is 5. The predicted octanol–water partition coefficient (Wildman–Crippen LogP) is 1.15. The Morgan fingerprint density at radius 2 is 1.76 bits per heavy atom. The number of nitrogens with one attached hydrogen (secondary N) is 1. The van der Waals surface area contributed by atoms with Crippen LogP contribution in [0.2, 0.25) is 0 Å². The van der Waals surface area contributed by atoms with E-state index in [4.69, 9.17) is 14.2 Å². The molecule has 1 N–H and O–H groups in total. The molecule has 0 radical (unpaired) electrons. The summed E-state index contributed by atoms with van der Waals surface area (Å²) in [6.07, 6.45) is 0. The molecule has 1 aromatic carbocycles. The molecule has 6 nitrogen and oxygen atoms in total. The van der Waals surface area contributed by atoms with E-state index in [1.807, 2.05) is 11.8 Å². The van der Waals surface area contributed by atoms with Gasteiger partial charge in [0.15, 0.2) is 11.5 Å². The van der Waals surface area contributed by atoms with Crippen molar-refractivity contribution in [2.45, 2.75) is 13.0 Å². The molecule has 0 aliphatic carbocycles. The number of carbonyl (C=O) groups excluding carboxylic acids is 1. The van der Waals surface area contributed by atoms with Gasteiger partial charge < -0.3 is 24.4 Å². The van der Waals surface area contributed by atoms with E-state index in [0.29, 0.717) is 29.4 Å². The van der Waals surface area contributed by atoms with Crippen molar-refractivity contribution in [3.05, 3.63) is 17.7 Å². The average Bonchev–Trinajstić information content (AvgIpc) is 2.53. The summed E-state index contributed by atoms with van der Waals surface area (Å²) in [6.45, 7) is 4.29. The maximum Gasteiger partial charge on any atom is 0.258 e. The van der Waals surface area contributed by atoms with Crippen molar-refractivity contribution in [2.75, 3.05) is 41.0 Å². The van der Waals surface area contributed by atoms with Gasteiger partial charge in [0.05, 0.1) is 26.9 Å². The molecule has 1 heterocycles. The van der Waals surface area contributed by atoms with Crippen molar-refractivity contribution in [3.63, 3.8) is 0 Å². The first-order valence-electron chi connectivity index (χ1n) is 6.94. The summed E-state index contributed by atoms with van der Waals surface area (Å²) in [4.78, 5) is 14.6. The summed E-state index contributed by atoms with van der Waals surface area (Å²) in [6, 6.07) is 3.50. The standard InChI is InChI=1S/C15H22N2O4/c1-10-9-16-5-6-17(10)15(18)11-7-13(20-3)14(21-4)8-12(11)19-2/h7-8,10,16H,5-6,9H2,1-4H3/t10-/m1/s1. The molecule has 0 bridgehead atoms. The minimum Gasteiger partial charge on any atom is -0.496 e. The molecule has 1 amide bonds. The number of piperazine rings is 1. The monoisotopic (exact) mass is 294 g/mol. The van der Waals surface area contributed by atoms with Gasteiger partial charge in [-0.15, -0.1) is 0 Å². The lowest BCUT2D eigenvalue weighted by molar-refractivity contribution is 0.0652. The van der Waals surface area contributed by atoms with E-state index in [9.17, 15) is 4.79 Å². The molecular weight excluding hydrogens is 272 g/mol. The van der Waals surface area contributed by atoms with Gasteiger partial charge in [-0.05, 0) is 6.92 Å². The third-order valence-corrected chi connectivity index (χ3v) is 3.70. The summed E-state index contributed by atoms with van der Waals surface area (Å²) in [5.41, 5.74) is 0.490. The molecular formula is C15H22N2O4. The maximum absolute atomic E-state index is 12.8. The molecule has 0 spiro atoms. The summed E-state index contributed by atoms with van der Waals surface area (Å²) in [7, 11) is 4.64. The minimum atomic E-state index is -0.0539. The highest BCUT2D eigenvalue weighted by Crippen LogP contribution is 2.35. The quantitative estimate of drug-likeness (QED) is 0.902. The molecule has 0 unspecified atom stereocenters. The van der Waals surface area contributed by atoms with Gasteiger partial charge in [-0.1, -0.05) is 0 Å². The molecule has 1 aliphatic heterocycles. The Hall–Kier alpha value is -1.95. The summed E-state index contributed by atoms with van der Waals surface area (Å²) < 4.78 is 15.9. The van der Waals surface area contributed by atoms with Crippen LogP contribution in [0, 0.1) is 0 Å². The van der Waals surface area contributed by atoms with E-state index in [0.717, 1.165) is 13.1 Å². The first-order valence-corrected chi connectivity index (χ1v) is 6.94. The highest BCUT2D eigenvalue weighted by molar-refractivity contribution is 5.98. The van der Waals surface area contributed by atoms with Gasteiger partial charge in [-0.3, -0.25) is 4.79 Å². The van der Waals surface area contributed by atoms with Crippen molar-refractivity contribution >= 4 is 5.91 Å². The molecule has 1 aliphatic rings. The van der Waals surface area contributed by atoms with Gasteiger partial charge in [0.25, 0.3) is 5.91 Å². The normalized spacial score (nSPS) is 18.3. The number of nitrogens with zero attached hydrogens (tertiary/aromatic N) is 1. The highest BCUT2D eigenvalue weighted by atomic mass is 16.5. The lowest BCUT2D eigenvalue weighted by Crippen LogP contribution is -2.52. The zero-order chi connectivity index (χ0) is 15.4. The molecule has 1 aromatic rings. The van der Waals surface area contributed by atoms with Crippen LogP contribution in [0.3, 0.4) is 0 Å². The van der Waals surface area contributed by atoms with Gasteiger partial charge in [0.2, 0.25) is 0 Å². The molecule has 1 atom stereocenters. The predicted molar refractivity (Wildman–Crippen MR) is 79.5 cm³/mol. The number of carbonyl (C=O) groups is 1. The van der Waals surface area contributed by atoms with E-state index in [-0.39, 0.29) is 11.9 Å². The number of ether oxygens (including phenoxy) is 3. The number of benzene rings is 1. The third kappa shape index (κ3) is 3.05. The average molecular weight is 294 g/mol. The Kier molecular flexibility index (Phi) is 4.90. The van der Waals surface area contributed by atoms with Crippen LogP contribution in [-0.4, -0.2) is 57.8 Å². The number of amides is 1. The summed E-state index contributed by atoms with van der Waals surface area (Å²) in [5.74, 6) is 1.49. The Labute approximate surface area is 125 Å². The second kappa shape index (κ2) is 6.67. The SMILES string of the molecule is COc1cc(OC)c(C(=O)N2CCNC[C@H]2C)cc1OC. The zero-order valence-electron chi connectivity index (χ0n) is 12.9. The number of hydrogen-bond donors (Lipinski definition) is 1. The fourth-order valence-corrected chi connectivity index (χ4v) is 2.49. The van der Waals surface area contributed by atoms with Crippen LogP contribution in [0.1, 0.15) is 17.3 Å². The van der Waals surface area contributed by atoms with Crippen LogP contribution in [0.5, 0.6) is 17.2 Å². The van der Waals surface area contributed by atoms with E-state index >= 15 is 0 Å². The van der Waals surface area contributed by atoms with Gasteiger partial charge >= 0.3 is 0 Å². The fourth-order valence-electron chi connectivity index (χ4n) is 2.49. The van der Waals surface area contributed by atoms with Crippen LogP contribution >= 0.6 is 0 Å². The summed E-state index contributed by atoms with van der Waals surface area (Å²) in [5, 5.41) is 3.27. The lowest BCUT2D eigenvalue weighted by Gasteiger charge is -2.34. The van der Waals surface area contributed by atoms with Crippen LogP contribution in [0.25, 0.3) is 0 Å². The van der Waals surface area contributed by atoms with Crippen LogP contribution in [-0.2, 0) is 0 Å². The molecule has 0 saturated carbocycles. The maximum atomic E-state index is 12.8. The summed E-state index contributed by atoms with van der Waals surface area (Å²) >= 11 is 0. The van der Waals surface area contributed by atoms with Crippen molar-refractivity contribution in [3.8, 4) is 17.2 Å². The number of methoxy groups -OCH3 is 3. The van der Waals surface area contributed by atoms with Gasteiger partial charge in [0.1, 0.15) is 5.75 Å². The van der Waals surface area contributed by atoms with E-state index in [1.165, 1.54) is 0 Å². The zero-order valence-corrected chi connectivity index (χ0v) is 12.9. The molecule has 1 saturated heterocycles. The van der Waals surface area contributed by atoms with Gasteiger partial charge in [-0.25, -0.2) is 0 Å². The Morgan fingerprint density at radius 1 is 1.14 bits per heavy atom. The van der Waals surface area contributed by atoms with E-state index < -0.39 is 0 Å². The van der Waals surface area contributed by atoms with Gasteiger partial charge in [0, 0.05) is 37.8 Å². The number of rotatable bonds is 4. The van der Waals surface area contributed by atoms with E-state index in [1.54, 1.807) is 33.5 Å². The van der Waals surface area contributed by atoms with Crippen molar-refractivity contribution < 1.29 is 19.0 Å². The first-order chi connectivity index (χ1) is 10.1. The molecule has 0 aromatic heterocycles. The van der Waals surface area contributed by atoms with Crippen molar-refractivity contribution in [1.82, 2.24) is 10.2 Å². The van der Waals surface area contributed by atoms with Crippen LogP contribution in [0.4, 0.5) is 0 Å². The topological polar surface area (TPSA) is 60.0 Å². The second-order valence-corrected chi connectivity index (χ2v) is 4.96. The van der Waals surface area contributed by atoms with Crippen LogP contribution in [0.15, 0.2) is 12.1 Å². The molecule has 116 valence electrons. The Bertz CT molecular complexity index is 519. The van der Waals surface area contributed by atoms with Crippen molar-refractivity contribution in [1.29, 1.82) is 0 Å². The third-order valence-electron chi connectivity index (χ3n) is 3.70. The molecule has 6 heteroatoms.